The van der Waals surface area contributed by atoms with Crippen LogP contribution in [0.25, 0.3) is 0 Å². The van der Waals surface area contributed by atoms with Gasteiger partial charge in [-0.15, -0.1) is 0 Å². The molecule has 3 amide bonds. The Morgan fingerprint density at radius 2 is 1.43 bits per heavy atom. The van der Waals surface area contributed by atoms with E-state index in [-0.39, 0.29) is 24.3 Å². The highest BCUT2D eigenvalue weighted by Crippen LogP contribution is 2.65. The average Bonchev–Trinajstić information content (AvgIpc) is 3.01. The van der Waals surface area contributed by atoms with Gasteiger partial charge in [-0.25, -0.2) is 0 Å². The molecular weight excluding hydrogens is 526 g/mol. The number of likely N-dealkylation sites (tertiary alicyclic amines) is 1. The summed E-state index contributed by atoms with van der Waals surface area (Å²) in [6, 6.07) is 17.9. The minimum atomic E-state index is -0.456. The molecule has 2 aromatic carbocycles. The maximum atomic E-state index is 13.8. The Bertz CT molecular complexity index is 1250. The highest BCUT2D eigenvalue weighted by atomic mass is 16.3. The number of piperidine rings is 1. The van der Waals surface area contributed by atoms with Crippen molar-refractivity contribution in [1.29, 1.82) is 0 Å². The highest BCUT2D eigenvalue weighted by Gasteiger charge is 2.62. The lowest BCUT2D eigenvalue weighted by molar-refractivity contribution is -0.167. The van der Waals surface area contributed by atoms with Gasteiger partial charge in [0.15, 0.2) is 0 Å². The van der Waals surface area contributed by atoms with Gasteiger partial charge in [0, 0.05) is 38.3 Å². The van der Waals surface area contributed by atoms with Crippen molar-refractivity contribution in [1.82, 2.24) is 15.5 Å². The Kier molecular flexibility index (Phi) is 8.39. The smallest absolute Gasteiger partial charge is 0.253 e. The quantitative estimate of drug-likeness (QED) is 0.366. The van der Waals surface area contributed by atoms with Crippen LogP contribution < -0.4 is 10.6 Å². The van der Waals surface area contributed by atoms with E-state index >= 15 is 0 Å². The fourth-order valence-electron chi connectivity index (χ4n) is 8.76. The highest BCUT2D eigenvalue weighted by molar-refractivity contribution is 5.94. The summed E-state index contributed by atoms with van der Waals surface area (Å²) in [7, 11) is 0. The van der Waals surface area contributed by atoms with Gasteiger partial charge in [0.1, 0.15) is 0 Å². The van der Waals surface area contributed by atoms with Crippen LogP contribution in [-0.4, -0.2) is 54.0 Å². The number of nitrogens with one attached hydrogen (secondary N) is 2. The molecule has 7 rings (SSSR count). The zero-order valence-electron chi connectivity index (χ0n) is 24.7. The van der Waals surface area contributed by atoms with Crippen LogP contribution in [0.4, 0.5) is 0 Å². The molecule has 1 aliphatic heterocycles. The topological polar surface area (TPSA) is 98.7 Å². The van der Waals surface area contributed by atoms with E-state index in [1.165, 1.54) is 5.56 Å². The van der Waals surface area contributed by atoms with Crippen molar-refractivity contribution in [2.45, 2.75) is 70.8 Å². The summed E-state index contributed by atoms with van der Waals surface area (Å²) in [6.45, 7) is 2.64. The average molecular weight is 572 g/mol. The molecular formula is C35H45N3O4. The Labute approximate surface area is 249 Å². The van der Waals surface area contributed by atoms with E-state index in [9.17, 15) is 19.5 Å². The largest absolute Gasteiger partial charge is 0.396 e. The van der Waals surface area contributed by atoms with Crippen LogP contribution in [0.5, 0.6) is 0 Å². The molecule has 1 heterocycles. The van der Waals surface area contributed by atoms with Crippen molar-refractivity contribution >= 4 is 17.7 Å². The third-order valence-corrected chi connectivity index (χ3v) is 10.6. The van der Waals surface area contributed by atoms with E-state index in [1.807, 2.05) is 35.2 Å². The van der Waals surface area contributed by atoms with Crippen LogP contribution >= 0.6 is 0 Å². The molecule has 0 spiro atoms. The molecule has 1 saturated heterocycles. The minimum Gasteiger partial charge on any atom is -0.396 e. The zero-order valence-corrected chi connectivity index (χ0v) is 24.7. The molecule has 42 heavy (non-hydrogen) atoms. The predicted molar refractivity (Wildman–Crippen MR) is 161 cm³/mol. The Hall–Kier alpha value is -3.19. The molecule has 224 valence electrons. The summed E-state index contributed by atoms with van der Waals surface area (Å²) in [5, 5.41) is 15.8. The first-order chi connectivity index (χ1) is 20.4. The standard InChI is InChI=1S/C35H45N3O4/c39-23-27-12-15-38(16-13-27)31(40)30-10-8-26(9-11-30)22-37-33(42)35-20-28-17-29(21-35)19-34(18-28,24-35)32(41)36-14-4-7-25-5-2-1-3-6-25/h1-3,5-6,8-11,27-29,39H,4,7,12-24H2,(H,36,41)(H,37,42). The van der Waals surface area contributed by atoms with Gasteiger partial charge in [-0.05, 0) is 105 Å². The number of carbonyl (C=O) groups is 3. The molecule has 4 saturated carbocycles. The van der Waals surface area contributed by atoms with Gasteiger partial charge >= 0.3 is 0 Å². The van der Waals surface area contributed by atoms with E-state index in [0.29, 0.717) is 55.9 Å². The van der Waals surface area contributed by atoms with Crippen molar-refractivity contribution in [2.24, 2.45) is 28.6 Å². The van der Waals surface area contributed by atoms with Gasteiger partial charge in [0.25, 0.3) is 5.91 Å². The van der Waals surface area contributed by atoms with E-state index in [1.54, 1.807) is 0 Å². The summed E-state index contributed by atoms with van der Waals surface area (Å²) >= 11 is 0. The molecule has 4 aliphatic carbocycles. The molecule has 4 bridgehead atoms. The molecule has 2 aromatic rings. The Balaban J connectivity index is 1.03. The van der Waals surface area contributed by atoms with Crippen LogP contribution in [0.1, 0.15) is 79.3 Å². The molecule has 7 nitrogen and oxygen atoms in total. The Morgan fingerprint density at radius 3 is 2.05 bits per heavy atom. The van der Waals surface area contributed by atoms with Gasteiger partial charge in [0.05, 0.1) is 10.8 Å². The van der Waals surface area contributed by atoms with Crippen LogP contribution in [0.2, 0.25) is 0 Å². The second kappa shape index (κ2) is 12.2. The zero-order chi connectivity index (χ0) is 29.2. The van der Waals surface area contributed by atoms with Crippen LogP contribution in [-0.2, 0) is 22.6 Å². The first-order valence-corrected chi connectivity index (χ1v) is 16.0. The summed E-state index contributed by atoms with van der Waals surface area (Å²) in [5.74, 6) is 1.45. The van der Waals surface area contributed by atoms with Crippen molar-refractivity contribution in [3.05, 3.63) is 71.3 Å². The third-order valence-electron chi connectivity index (χ3n) is 10.6. The van der Waals surface area contributed by atoms with Gasteiger partial charge in [-0.3, -0.25) is 14.4 Å². The third kappa shape index (κ3) is 5.98. The predicted octanol–water partition coefficient (Wildman–Crippen LogP) is 4.48. The van der Waals surface area contributed by atoms with Crippen LogP contribution in [0.3, 0.4) is 0 Å². The number of aliphatic hydroxyl groups is 1. The van der Waals surface area contributed by atoms with Gasteiger partial charge < -0.3 is 20.6 Å². The second-order valence-electron chi connectivity index (χ2n) is 13.7. The van der Waals surface area contributed by atoms with Crippen LogP contribution in [0.15, 0.2) is 54.6 Å². The van der Waals surface area contributed by atoms with Gasteiger partial charge in [-0.2, -0.15) is 0 Å². The van der Waals surface area contributed by atoms with Gasteiger partial charge in [0.2, 0.25) is 11.8 Å². The fourth-order valence-corrected chi connectivity index (χ4v) is 8.76. The summed E-state index contributed by atoms with van der Waals surface area (Å²) in [6.07, 6.45) is 8.94. The molecule has 3 N–H and O–H groups in total. The molecule has 2 atom stereocenters. The van der Waals surface area contributed by atoms with Crippen molar-refractivity contribution in [3.63, 3.8) is 0 Å². The fraction of sp³-hybridized carbons (Fsp3) is 0.571. The van der Waals surface area contributed by atoms with E-state index < -0.39 is 10.8 Å². The monoisotopic (exact) mass is 571 g/mol. The minimum absolute atomic E-state index is 0.0270. The number of rotatable bonds is 10. The lowest BCUT2D eigenvalue weighted by atomic mass is 9.43. The van der Waals surface area contributed by atoms with Gasteiger partial charge in [-0.1, -0.05) is 42.5 Å². The molecule has 5 fully saturated rings. The normalized spacial score (nSPS) is 28.5. The summed E-state index contributed by atoms with van der Waals surface area (Å²) < 4.78 is 0. The van der Waals surface area contributed by atoms with Crippen LogP contribution in [0, 0.1) is 28.6 Å². The van der Waals surface area contributed by atoms with Crippen molar-refractivity contribution in [2.75, 3.05) is 26.2 Å². The first-order valence-electron chi connectivity index (χ1n) is 16.0. The number of aryl methyl sites for hydroxylation is 1. The summed E-state index contributed by atoms with van der Waals surface area (Å²) in [4.78, 5) is 42.2. The van der Waals surface area contributed by atoms with E-state index in [4.69, 9.17) is 0 Å². The molecule has 0 radical (unpaired) electrons. The lowest BCUT2D eigenvalue weighted by Gasteiger charge is -2.60. The maximum absolute atomic E-state index is 13.8. The maximum Gasteiger partial charge on any atom is 0.253 e. The second-order valence-corrected chi connectivity index (χ2v) is 13.7. The molecule has 2 unspecified atom stereocenters. The Morgan fingerprint density at radius 1 is 0.810 bits per heavy atom. The number of hydrogen-bond acceptors (Lipinski definition) is 4. The number of carbonyl (C=O) groups excluding carboxylic acids is 3. The number of nitrogens with zero attached hydrogens (tertiary/aromatic N) is 1. The molecule has 0 aromatic heterocycles. The van der Waals surface area contributed by atoms with Crippen molar-refractivity contribution in [3.8, 4) is 0 Å². The van der Waals surface area contributed by atoms with E-state index in [0.717, 1.165) is 63.4 Å². The molecule has 7 heteroatoms. The first kappa shape index (κ1) is 28.9. The van der Waals surface area contributed by atoms with Crippen molar-refractivity contribution < 1.29 is 19.5 Å². The lowest BCUT2D eigenvalue weighted by Crippen LogP contribution is -2.61. The number of amides is 3. The van der Waals surface area contributed by atoms with E-state index in [2.05, 4.69) is 34.9 Å². The number of benzene rings is 2. The number of aliphatic hydroxyl groups excluding tert-OH is 1. The number of hydrogen-bond donors (Lipinski definition) is 3. The SMILES string of the molecule is O=C(c1ccc(CNC(=O)C23CC4CC(CC(C(=O)NCCCc5ccccc5)(C4)C2)C3)cc1)N1CCC(CO)CC1. The molecule has 5 aliphatic rings. The summed E-state index contributed by atoms with van der Waals surface area (Å²) in [5.41, 5.74) is 2.04.